The van der Waals surface area contributed by atoms with Crippen molar-refractivity contribution >= 4 is 38.7 Å². The molecule has 1 aliphatic carbocycles. The van der Waals surface area contributed by atoms with E-state index in [0.717, 1.165) is 41.3 Å². The summed E-state index contributed by atoms with van der Waals surface area (Å²) in [6.45, 7) is -1.48. The minimum Gasteiger partial charge on any atom is -0.387 e. The highest BCUT2D eigenvalue weighted by molar-refractivity contribution is 7.61. The van der Waals surface area contributed by atoms with E-state index in [1.165, 1.54) is 0 Å². The van der Waals surface area contributed by atoms with Crippen LogP contribution in [0.1, 0.15) is 42.7 Å². The molecule has 0 spiro atoms. The number of phosphoric acid groups is 2. The van der Waals surface area contributed by atoms with E-state index in [1.54, 1.807) is 0 Å². The molecule has 1 amide bonds. The number of anilines is 1. The summed E-state index contributed by atoms with van der Waals surface area (Å²) in [5.74, 6) is -0.699. The molecule has 2 aromatic heterocycles. The van der Waals surface area contributed by atoms with E-state index in [9.17, 15) is 38.7 Å². The zero-order chi connectivity index (χ0) is 30.9. The Hall–Kier alpha value is -3.02. The first-order valence-corrected chi connectivity index (χ1v) is 16.1. The fourth-order valence-electron chi connectivity index (χ4n) is 5.00. The van der Waals surface area contributed by atoms with Crippen LogP contribution in [0.5, 0.6) is 0 Å². The van der Waals surface area contributed by atoms with Gasteiger partial charge in [0, 0.05) is 0 Å². The number of nitrogens with zero attached hydrogens (tertiary/aromatic N) is 3. The molecule has 234 valence electrons. The maximum atomic E-state index is 12.4. The van der Waals surface area contributed by atoms with Crippen LogP contribution in [0.2, 0.25) is 0 Å². The summed E-state index contributed by atoms with van der Waals surface area (Å²) in [6.07, 6.45) is -2.79. The molecule has 1 aromatic carbocycles. The third kappa shape index (κ3) is 7.21. The van der Waals surface area contributed by atoms with Gasteiger partial charge in [-0.1, -0.05) is 24.3 Å². The Morgan fingerprint density at radius 1 is 1.19 bits per heavy atom. The van der Waals surface area contributed by atoms with Crippen molar-refractivity contribution in [3.63, 3.8) is 0 Å². The topological polar surface area (TPSA) is 271 Å². The maximum absolute atomic E-state index is 12.4. The first-order chi connectivity index (χ1) is 20.3. The summed E-state index contributed by atoms with van der Waals surface area (Å²) < 4.78 is 44.9. The van der Waals surface area contributed by atoms with E-state index in [0.29, 0.717) is 0 Å². The number of nitrogen functional groups attached to an aromatic ring is 1. The number of rotatable bonds is 11. The Morgan fingerprint density at radius 2 is 1.93 bits per heavy atom. The van der Waals surface area contributed by atoms with Gasteiger partial charge < -0.3 is 35.8 Å². The summed E-state index contributed by atoms with van der Waals surface area (Å²) in [6, 6.07) is 7.50. The Kier molecular flexibility index (Phi) is 9.15. The molecule has 7 atom stereocenters. The summed E-state index contributed by atoms with van der Waals surface area (Å²) in [5, 5.41) is 23.7. The Bertz CT molecular complexity index is 1650. The molecule has 43 heavy (non-hydrogen) atoms. The number of hydrogen-bond donors (Lipinski definition) is 7. The molecule has 2 aliphatic rings. The average Bonchev–Trinajstić information content (AvgIpc) is 3.47. The first-order valence-electron chi connectivity index (χ1n) is 13.1. The largest absolute Gasteiger partial charge is 0.481 e. The number of amides is 1. The standard InChI is InChI=1S/C23H30N6O12P2/c24-23-27-20-17(21(33)28-23)25-11-29(20)22-19(32)18(31)15(40-22)10-39-43(36,37)41-42(34,35)38-9-8-16(30)26-14-7-3-5-12-4-1-2-6-13(12)14/h1-2,4,6,11,14-15,18-19,22,31-32H,3,5,7-10H2,(H,26,30)(H,34,35)(H,36,37)(H3,24,27,28,33)/t14?,15-,18-,19-,22-/m1/s1. The van der Waals surface area contributed by atoms with Crippen molar-refractivity contribution in [2.75, 3.05) is 18.9 Å². The fraction of sp³-hybridized carbons (Fsp3) is 0.478. The summed E-state index contributed by atoms with van der Waals surface area (Å²) in [4.78, 5) is 54.4. The lowest BCUT2D eigenvalue weighted by Crippen LogP contribution is -2.33. The highest BCUT2D eigenvalue weighted by atomic mass is 31.3. The molecule has 8 N–H and O–H groups in total. The second-order valence-corrected chi connectivity index (χ2v) is 13.0. The van der Waals surface area contributed by atoms with Gasteiger partial charge in [-0.15, -0.1) is 0 Å². The third-order valence-corrected chi connectivity index (χ3v) is 9.59. The number of carbonyl (C=O) groups excluding carboxylic acids is 1. The lowest BCUT2D eigenvalue weighted by atomic mass is 9.88. The van der Waals surface area contributed by atoms with Crippen molar-refractivity contribution in [2.45, 2.75) is 56.3 Å². The number of imidazole rings is 1. The van der Waals surface area contributed by atoms with Gasteiger partial charge in [-0.3, -0.25) is 28.2 Å². The van der Waals surface area contributed by atoms with E-state index in [1.807, 2.05) is 24.3 Å². The second-order valence-electron chi connectivity index (χ2n) is 9.93. The van der Waals surface area contributed by atoms with Crippen molar-refractivity contribution in [1.82, 2.24) is 24.8 Å². The number of aromatic nitrogens is 4. The van der Waals surface area contributed by atoms with Crippen molar-refractivity contribution < 1.29 is 52.0 Å². The molecule has 0 saturated carbocycles. The molecule has 1 aliphatic heterocycles. The fourth-order valence-corrected chi connectivity index (χ4v) is 7.07. The van der Waals surface area contributed by atoms with Crippen molar-refractivity contribution in [3.8, 4) is 0 Å². The predicted molar refractivity (Wildman–Crippen MR) is 146 cm³/mol. The summed E-state index contributed by atoms with van der Waals surface area (Å²) in [5.41, 5.74) is 6.86. The number of nitrogens with two attached hydrogens (primary N) is 1. The number of aromatic amines is 1. The molecule has 3 heterocycles. The molecule has 0 bridgehead atoms. The van der Waals surface area contributed by atoms with E-state index < -0.39 is 64.9 Å². The van der Waals surface area contributed by atoms with Gasteiger partial charge in [-0.2, -0.15) is 9.29 Å². The van der Waals surface area contributed by atoms with Gasteiger partial charge in [0.15, 0.2) is 17.4 Å². The quantitative estimate of drug-likeness (QED) is 0.137. The minimum absolute atomic E-state index is 0.0640. The van der Waals surface area contributed by atoms with Gasteiger partial charge >= 0.3 is 15.6 Å². The number of benzene rings is 1. The molecule has 20 heteroatoms. The van der Waals surface area contributed by atoms with Crippen molar-refractivity contribution in [3.05, 3.63) is 52.1 Å². The van der Waals surface area contributed by atoms with Gasteiger partial charge in [-0.25, -0.2) is 14.1 Å². The molecule has 0 radical (unpaired) electrons. The number of aliphatic hydroxyl groups is 2. The third-order valence-electron chi connectivity index (χ3n) is 6.96. The number of aryl methyl sites for hydroxylation is 1. The van der Waals surface area contributed by atoms with E-state index in [2.05, 4.69) is 29.1 Å². The predicted octanol–water partition coefficient (Wildman–Crippen LogP) is 0.155. The zero-order valence-electron chi connectivity index (χ0n) is 22.4. The van der Waals surface area contributed by atoms with Gasteiger partial charge in [-0.05, 0) is 30.4 Å². The Balaban J connectivity index is 1.11. The lowest BCUT2D eigenvalue weighted by molar-refractivity contribution is -0.122. The molecule has 5 rings (SSSR count). The number of hydrogen-bond acceptors (Lipinski definition) is 13. The molecule has 1 fully saturated rings. The molecular weight excluding hydrogens is 614 g/mol. The van der Waals surface area contributed by atoms with Crippen molar-refractivity contribution in [1.29, 1.82) is 0 Å². The van der Waals surface area contributed by atoms with Gasteiger partial charge in [0.2, 0.25) is 11.9 Å². The number of ether oxygens (including phenoxy) is 1. The van der Waals surface area contributed by atoms with Gasteiger partial charge in [0.05, 0.1) is 32.0 Å². The van der Waals surface area contributed by atoms with E-state index in [4.69, 9.17) is 15.0 Å². The van der Waals surface area contributed by atoms with Crippen LogP contribution in [-0.2, 0) is 38.4 Å². The van der Waals surface area contributed by atoms with Crippen LogP contribution in [-0.4, -0.2) is 77.0 Å². The normalized spacial score (nSPS) is 26.5. The monoisotopic (exact) mass is 644 g/mol. The number of aliphatic hydroxyl groups excluding tert-OH is 2. The molecular formula is C23H30N6O12P2. The smallest absolute Gasteiger partial charge is 0.387 e. The van der Waals surface area contributed by atoms with Gasteiger partial charge in [0.25, 0.3) is 5.56 Å². The SMILES string of the molecule is Nc1nc2c(ncn2[C@@H]2O[C@H](COP(=O)(O)OP(=O)(O)OCCC(=O)NC3CCCc4ccccc43)[C@@H](O)[C@H]2O)c(=O)[nH]1. The average molecular weight is 644 g/mol. The second kappa shape index (κ2) is 12.5. The minimum atomic E-state index is -5.28. The number of phosphoric ester groups is 2. The van der Waals surface area contributed by atoms with Crippen LogP contribution < -0.4 is 16.6 Å². The number of H-pyrrole nitrogens is 1. The number of carbonyl (C=O) groups is 1. The first kappa shape index (κ1) is 31.4. The highest BCUT2D eigenvalue weighted by Crippen LogP contribution is 2.60. The van der Waals surface area contributed by atoms with Crippen LogP contribution in [0.25, 0.3) is 11.2 Å². The molecule has 18 nitrogen and oxygen atoms in total. The molecule has 3 aromatic rings. The maximum Gasteiger partial charge on any atom is 0.481 e. The van der Waals surface area contributed by atoms with Crippen LogP contribution >= 0.6 is 15.6 Å². The summed E-state index contributed by atoms with van der Waals surface area (Å²) >= 11 is 0. The molecule has 1 saturated heterocycles. The van der Waals surface area contributed by atoms with Crippen LogP contribution in [0.4, 0.5) is 5.95 Å². The Labute approximate surface area is 243 Å². The number of fused-ring (bicyclic) bond motifs is 2. The van der Waals surface area contributed by atoms with E-state index >= 15 is 0 Å². The van der Waals surface area contributed by atoms with Crippen LogP contribution in [0.15, 0.2) is 35.4 Å². The van der Waals surface area contributed by atoms with Crippen LogP contribution in [0.3, 0.4) is 0 Å². The van der Waals surface area contributed by atoms with Crippen LogP contribution in [0, 0.1) is 0 Å². The molecule has 3 unspecified atom stereocenters. The highest BCUT2D eigenvalue weighted by Gasteiger charge is 2.46. The lowest BCUT2D eigenvalue weighted by Gasteiger charge is -2.26. The zero-order valence-corrected chi connectivity index (χ0v) is 24.2. The van der Waals surface area contributed by atoms with Crippen molar-refractivity contribution in [2.24, 2.45) is 0 Å². The summed E-state index contributed by atoms with van der Waals surface area (Å²) in [7, 11) is -10.5. The van der Waals surface area contributed by atoms with E-state index in [-0.39, 0.29) is 29.6 Å². The Morgan fingerprint density at radius 3 is 2.72 bits per heavy atom. The van der Waals surface area contributed by atoms with Gasteiger partial charge in [0.1, 0.15) is 18.3 Å². The number of nitrogens with one attached hydrogen (secondary N) is 2.